The number of hydrogen-bond acceptors (Lipinski definition) is 3. The number of benzene rings is 2. The van der Waals surface area contributed by atoms with Gasteiger partial charge in [0.15, 0.2) is 16.9 Å². The average Bonchev–Trinajstić information content (AvgIpc) is 2.65. The zero-order valence-electron chi connectivity index (χ0n) is 15.4. The Morgan fingerprint density at radius 3 is 2.43 bits per heavy atom. The summed E-state index contributed by atoms with van der Waals surface area (Å²) in [5.41, 5.74) is -0.0895. The third-order valence-electron chi connectivity index (χ3n) is 4.17. The van der Waals surface area contributed by atoms with Gasteiger partial charge < -0.3 is 5.32 Å². The number of carbonyl (C=O) groups is 1. The first-order chi connectivity index (χ1) is 13.2. The molecule has 2 rings (SSSR count). The molecule has 0 fully saturated rings. The first-order valence-electron chi connectivity index (χ1n) is 8.69. The molecule has 0 heterocycles. The third-order valence-corrected chi connectivity index (χ3v) is 6.70. The molecule has 0 unspecified atom stereocenters. The molecule has 0 aliphatic rings. The monoisotopic (exact) mass is 474 g/mol. The summed E-state index contributed by atoms with van der Waals surface area (Å²) in [5.74, 6) is -3.22. The SMILES string of the molecule is CCCC[C@H](C(=O)Nc1ccccc1)S(=O)(=O)Nc1cc(Br)c(C)c(F)c1F. The quantitative estimate of drug-likeness (QED) is 0.530. The smallest absolute Gasteiger partial charge is 0.244 e. The molecule has 9 heteroatoms. The van der Waals surface area contributed by atoms with E-state index >= 15 is 0 Å². The molecule has 152 valence electrons. The van der Waals surface area contributed by atoms with Crippen molar-refractivity contribution in [1.82, 2.24) is 0 Å². The van der Waals surface area contributed by atoms with Crippen LogP contribution in [0.3, 0.4) is 0 Å². The molecule has 2 aromatic rings. The van der Waals surface area contributed by atoms with Gasteiger partial charge in [0.05, 0.1) is 5.69 Å². The summed E-state index contributed by atoms with van der Waals surface area (Å²) >= 11 is 3.07. The van der Waals surface area contributed by atoms with Crippen LogP contribution in [0.2, 0.25) is 0 Å². The molecule has 2 N–H and O–H groups in total. The number of amides is 1. The van der Waals surface area contributed by atoms with Gasteiger partial charge >= 0.3 is 0 Å². The van der Waals surface area contributed by atoms with Crippen LogP contribution in [-0.4, -0.2) is 19.6 Å². The van der Waals surface area contributed by atoms with E-state index in [1.54, 1.807) is 30.3 Å². The molecule has 1 atom stereocenters. The number of carbonyl (C=O) groups excluding carboxylic acids is 1. The highest BCUT2D eigenvalue weighted by molar-refractivity contribution is 9.10. The molecule has 1 amide bonds. The second-order valence-electron chi connectivity index (χ2n) is 6.29. The second-order valence-corrected chi connectivity index (χ2v) is 9.01. The first-order valence-corrected chi connectivity index (χ1v) is 11.0. The normalized spacial score (nSPS) is 12.5. The molecule has 0 spiro atoms. The Balaban J connectivity index is 2.33. The largest absolute Gasteiger partial charge is 0.325 e. The van der Waals surface area contributed by atoms with Gasteiger partial charge in [0.25, 0.3) is 0 Å². The highest BCUT2D eigenvalue weighted by atomic mass is 79.9. The van der Waals surface area contributed by atoms with Crippen molar-refractivity contribution in [2.45, 2.75) is 38.4 Å². The molecular formula is C19H21BrF2N2O3S. The summed E-state index contributed by atoms with van der Waals surface area (Å²) in [7, 11) is -4.33. The predicted octanol–water partition coefficient (Wildman–Crippen LogP) is 4.97. The molecule has 0 aromatic heterocycles. The van der Waals surface area contributed by atoms with Crippen molar-refractivity contribution in [2.75, 3.05) is 10.0 Å². The predicted molar refractivity (Wildman–Crippen MR) is 110 cm³/mol. The molecular weight excluding hydrogens is 454 g/mol. The Hall–Kier alpha value is -2.00. The number of para-hydroxylation sites is 1. The minimum absolute atomic E-state index is 0.0183. The maximum Gasteiger partial charge on any atom is 0.244 e. The molecule has 0 saturated heterocycles. The fraction of sp³-hybridized carbons (Fsp3) is 0.316. The summed E-state index contributed by atoms with van der Waals surface area (Å²) < 4.78 is 56.1. The van der Waals surface area contributed by atoms with Crippen molar-refractivity contribution in [3.63, 3.8) is 0 Å². The molecule has 0 bridgehead atoms. The number of unbranched alkanes of at least 4 members (excludes halogenated alkanes) is 1. The Bertz CT molecular complexity index is 953. The van der Waals surface area contributed by atoms with Crippen molar-refractivity contribution in [2.24, 2.45) is 0 Å². The summed E-state index contributed by atoms with van der Waals surface area (Å²) in [6.45, 7) is 3.22. The standard InChI is InChI=1S/C19H21BrF2N2O3S/c1-3-4-10-16(19(25)23-13-8-6-5-7-9-13)28(26,27)24-15-11-14(20)12(2)17(21)18(15)22/h5-9,11,16,24H,3-4,10H2,1-2H3,(H,23,25)/t16-/m1/s1. The maximum atomic E-state index is 14.2. The number of sulfonamides is 1. The molecule has 2 aromatic carbocycles. The lowest BCUT2D eigenvalue weighted by molar-refractivity contribution is -0.115. The van der Waals surface area contributed by atoms with Crippen LogP contribution >= 0.6 is 15.9 Å². The van der Waals surface area contributed by atoms with E-state index in [4.69, 9.17) is 0 Å². The van der Waals surface area contributed by atoms with Crippen molar-refractivity contribution in [3.05, 3.63) is 58.1 Å². The number of anilines is 2. The topological polar surface area (TPSA) is 75.3 Å². The van der Waals surface area contributed by atoms with Gasteiger partial charge in [-0.25, -0.2) is 17.2 Å². The van der Waals surface area contributed by atoms with E-state index in [0.717, 1.165) is 6.07 Å². The van der Waals surface area contributed by atoms with E-state index in [0.29, 0.717) is 18.5 Å². The van der Waals surface area contributed by atoms with Gasteiger partial charge in [-0.15, -0.1) is 0 Å². The number of hydrogen-bond donors (Lipinski definition) is 2. The number of rotatable bonds is 8. The van der Waals surface area contributed by atoms with E-state index in [1.165, 1.54) is 6.92 Å². The zero-order chi connectivity index (χ0) is 20.9. The van der Waals surface area contributed by atoms with Crippen LogP contribution in [0, 0.1) is 18.6 Å². The van der Waals surface area contributed by atoms with Crippen molar-refractivity contribution >= 4 is 43.2 Å². The van der Waals surface area contributed by atoms with Crippen LogP contribution in [0.4, 0.5) is 20.2 Å². The number of halogens is 3. The minimum atomic E-state index is -4.33. The zero-order valence-corrected chi connectivity index (χ0v) is 17.8. The lowest BCUT2D eigenvalue weighted by atomic mass is 10.2. The highest BCUT2D eigenvalue weighted by Crippen LogP contribution is 2.29. The molecule has 0 aliphatic heterocycles. The molecule has 0 aliphatic carbocycles. The van der Waals surface area contributed by atoms with Gasteiger partial charge in [0.1, 0.15) is 0 Å². The van der Waals surface area contributed by atoms with E-state index in [2.05, 4.69) is 21.2 Å². The highest BCUT2D eigenvalue weighted by Gasteiger charge is 2.33. The molecule has 5 nitrogen and oxygen atoms in total. The van der Waals surface area contributed by atoms with Crippen molar-refractivity contribution in [3.8, 4) is 0 Å². The van der Waals surface area contributed by atoms with Gasteiger partial charge in [-0.05, 0) is 31.5 Å². The third kappa shape index (κ3) is 5.29. The Kier molecular flexibility index (Phi) is 7.54. The fourth-order valence-electron chi connectivity index (χ4n) is 2.55. The Morgan fingerprint density at radius 2 is 1.82 bits per heavy atom. The first kappa shape index (κ1) is 22.3. The van der Waals surface area contributed by atoms with Crippen LogP contribution in [0.1, 0.15) is 31.7 Å². The number of nitrogens with one attached hydrogen (secondary N) is 2. The van der Waals surface area contributed by atoms with E-state index in [-0.39, 0.29) is 16.5 Å². The summed E-state index contributed by atoms with van der Waals surface area (Å²) in [5, 5.41) is 1.09. The van der Waals surface area contributed by atoms with Gasteiger partial charge in [-0.1, -0.05) is 53.9 Å². The lowest BCUT2D eigenvalue weighted by Gasteiger charge is -2.19. The second kappa shape index (κ2) is 9.47. The Labute approximate surface area is 171 Å². The van der Waals surface area contributed by atoms with E-state index < -0.39 is 38.5 Å². The van der Waals surface area contributed by atoms with E-state index in [9.17, 15) is 22.0 Å². The summed E-state index contributed by atoms with van der Waals surface area (Å²) in [6, 6.07) is 9.55. The van der Waals surface area contributed by atoms with Crippen LogP contribution in [0.15, 0.2) is 40.9 Å². The minimum Gasteiger partial charge on any atom is -0.325 e. The Morgan fingerprint density at radius 1 is 1.18 bits per heavy atom. The summed E-state index contributed by atoms with van der Waals surface area (Å²) in [4.78, 5) is 12.6. The molecule has 28 heavy (non-hydrogen) atoms. The average molecular weight is 475 g/mol. The van der Waals surface area contributed by atoms with Gasteiger partial charge in [-0.2, -0.15) is 0 Å². The van der Waals surface area contributed by atoms with Crippen LogP contribution in [0.25, 0.3) is 0 Å². The van der Waals surface area contributed by atoms with Crippen LogP contribution in [-0.2, 0) is 14.8 Å². The van der Waals surface area contributed by atoms with Crippen LogP contribution in [0.5, 0.6) is 0 Å². The lowest BCUT2D eigenvalue weighted by Crippen LogP contribution is -2.39. The van der Waals surface area contributed by atoms with Gasteiger partial charge in [0, 0.05) is 15.7 Å². The fourth-order valence-corrected chi connectivity index (χ4v) is 4.36. The van der Waals surface area contributed by atoms with Gasteiger partial charge in [-0.3, -0.25) is 9.52 Å². The van der Waals surface area contributed by atoms with E-state index in [1.807, 2.05) is 11.6 Å². The van der Waals surface area contributed by atoms with Crippen molar-refractivity contribution < 1.29 is 22.0 Å². The molecule has 0 saturated carbocycles. The maximum absolute atomic E-state index is 14.2. The molecule has 0 radical (unpaired) electrons. The van der Waals surface area contributed by atoms with Crippen molar-refractivity contribution in [1.29, 1.82) is 0 Å². The summed E-state index contributed by atoms with van der Waals surface area (Å²) in [6.07, 6.45) is 1.19. The van der Waals surface area contributed by atoms with Gasteiger partial charge in [0.2, 0.25) is 15.9 Å². The van der Waals surface area contributed by atoms with Crippen LogP contribution < -0.4 is 10.0 Å².